The molecule has 0 spiro atoms. The van der Waals surface area contributed by atoms with E-state index in [2.05, 4.69) is 0 Å². The van der Waals surface area contributed by atoms with Crippen molar-refractivity contribution in [1.29, 1.82) is 0 Å². The number of benzene rings is 1. The molecule has 130 valence electrons. The molecule has 0 bridgehead atoms. The molecule has 0 heterocycles. The Balaban J connectivity index is 3.12. The van der Waals surface area contributed by atoms with Gasteiger partial charge in [-0.3, -0.25) is 0 Å². The Hall–Kier alpha value is -0.730. The molecule has 23 heavy (non-hydrogen) atoms. The van der Waals surface area contributed by atoms with Crippen LogP contribution in [0.25, 0.3) is 0 Å². The Morgan fingerprint density at radius 1 is 0.957 bits per heavy atom. The van der Waals surface area contributed by atoms with Gasteiger partial charge >= 0.3 is 33.6 Å². The molecule has 0 atom stereocenters. The highest BCUT2D eigenvalue weighted by atomic mass is 127. The summed E-state index contributed by atoms with van der Waals surface area (Å²) in [6.07, 6.45) is -5.97. The van der Waals surface area contributed by atoms with E-state index in [9.17, 15) is 26.3 Å². The first-order valence-electron chi connectivity index (χ1n) is 7.18. The van der Waals surface area contributed by atoms with Gasteiger partial charge in [-0.2, -0.15) is 26.3 Å². The SMILES string of the molecule is CCCC/C(=C/[I+]c1cc(C(F)(F)F)cc(C(F)(F)F)c1)CC. The number of alkyl halides is 6. The predicted octanol–water partition coefficient (Wildman–Crippen LogP) is 3.47. The number of allylic oxidation sites excluding steroid dienone is 1. The minimum Gasteiger partial charge on any atom is -0.166 e. The van der Waals surface area contributed by atoms with E-state index < -0.39 is 44.7 Å². The first-order valence-corrected chi connectivity index (χ1v) is 9.51. The average Bonchev–Trinajstić information content (AvgIpc) is 2.45. The van der Waals surface area contributed by atoms with Gasteiger partial charge in [-0.25, -0.2) is 0 Å². The third kappa shape index (κ3) is 6.73. The second-order valence-corrected chi connectivity index (χ2v) is 7.55. The highest BCUT2D eigenvalue weighted by molar-refractivity contribution is 5.27. The maximum absolute atomic E-state index is 12.8. The minimum absolute atomic E-state index is 0.133. The van der Waals surface area contributed by atoms with Gasteiger partial charge < -0.3 is 0 Å². The van der Waals surface area contributed by atoms with E-state index in [0.717, 1.165) is 43.4 Å². The lowest BCUT2D eigenvalue weighted by atomic mass is 10.1. The lowest BCUT2D eigenvalue weighted by molar-refractivity contribution is -0.558. The Morgan fingerprint density at radius 3 is 1.87 bits per heavy atom. The number of rotatable bonds is 6. The molecule has 0 nitrogen and oxygen atoms in total. The van der Waals surface area contributed by atoms with Crippen molar-refractivity contribution in [2.24, 2.45) is 0 Å². The van der Waals surface area contributed by atoms with Crippen LogP contribution >= 0.6 is 0 Å². The van der Waals surface area contributed by atoms with Crippen molar-refractivity contribution in [3.63, 3.8) is 0 Å². The minimum atomic E-state index is -4.78. The highest BCUT2D eigenvalue weighted by Gasteiger charge is 2.38. The zero-order valence-electron chi connectivity index (χ0n) is 12.8. The Morgan fingerprint density at radius 2 is 1.48 bits per heavy atom. The molecule has 7 heteroatoms. The summed E-state index contributed by atoms with van der Waals surface area (Å²) in [5.41, 5.74) is -1.37. The third-order valence-corrected chi connectivity index (χ3v) is 5.73. The zero-order chi connectivity index (χ0) is 17.7. The molecule has 0 unspecified atom stereocenters. The van der Waals surface area contributed by atoms with Gasteiger partial charge in [0.05, 0.1) is 11.1 Å². The maximum atomic E-state index is 12.8. The summed E-state index contributed by atoms with van der Waals surface area (Å²) in [5, 5.41) is 0. The maximum Gasteiger partial charge on any atom is 0.416 e. The Kier molecular flexibility index (Phi) is 7.41. The molecular formula is C16H18F6I+. The fraction of sp³-hybridized carbons (Fsp3) is 0.500. The summed E-state index contributed by atoms with van der Waals surface area (Å²) in [6, 6.07) is 1.85. The van der Waals surface area contributed by atoms with Crippen molar-refractivity contribution in [2.45, 2.75) is 51.9 Å². The number of hydrogen-bond acceptors (Lipinski definition) is 0. The van der Waals surface area contributed by atoms with E-state index in [4.69, 9.17) is 0 Å². The highest BCUT2D eigenvalue weighted by Crippen LogP contribution is 2.35. The summed E-state index contributed by atoms with van der Waals surface area (Å²) in [6.45, 7) is 3.98. The van der Waals surface area contributed by atoms with Gasteiger partial charge in [0.2, 0.25) is 0 Å². The van der Waals surface area contributed by atoms with E-state index in [1.54, 1.807) is 0 Å². The zero-order valence-corrected chi connectivity index (χ0v) is 14.9. The first-order chi connectivity index (χ1) is 10.6. The van der Waals surface area contributed by atoms with E-state index in [1.807, 2.05) is 17.9 Å². The largest absolute Gasteiger partial charge is 0.416 e. The van der Waals surface area contributed by atoms with Crippen LogP contribution in [0.2, 0.25) is 0 Å². The Bertz CT molecular complexity index is 510. The number of hydrogen-bond donors (Lipinski definition) is 0. The smallest absolute Gasteiger partial charge is 0.166 e. The molecule has 1 rings (SSSR count). The molecular weight excluding hydrogens is 433 g/mol. The standard InChI is InChI=1S/C16H18F6I/c1-3-5-6-11(4-2)10-23-14-8-12(15(17,18)19)7-13(9-14)16(20,21)22/h7-10H,3-6H2,1-2H3/q+1/b11-10+. The van der Waals surface area contributed by atoms with Crippen LogP contribution in [-0.2, 0) is 12.4 Å². The first kappa shape index (κ1) is 20.3. The molecule has 0 aromatic heterocycles. The van der Waals surface area contributed by atoms with Gasteiger partial charge in [0.25, 0.3) is 0 Å². The van der Waals surface area contributed by atoms with E-state index in [0.29, 0.717) is 0 Å². The van der Waals surface area contributed by atoms with Crippen molar-refractivity contribution >= 4 is 0 Å². The van der Waals surface area contributed by atoms with Crippen molar-refractivity contribution in [1.82, 2.24) is 0 Å². The van der Waals surface area contributed by atoms with Crippen LogP contribution in [0.15, 0.2) is 27.9 Å². The molecule has 0 radical (unpaired) electrons. The van der Waals surface area contributed by atoms with Crippen LogP contribution in [-0.4, -0.2) is 0 Å². The second-order valence-electron chi connectivity index (χ2n) is 5.06. The average molecular weight is 451 g/mol. The fourth-order valence-electron chi connectivity index (χ4n) is 1.83. The molecule has 1 aromatic carbocycles. The number of unbranched alkanes of at least 4 members (excludes halogenated alkanes) is 1. The van der Waals surface area contributed by atoms with Gasteiger partial charge in [0.15, 0.2) is 7.65 Å². The third-order valence-electron chi connectivity index (χ3n) is 3.19. The molecule has 0 aliphatic carbocycles. The molecule has 0 saturated heterocycles. The summed E-state index contributed by atoms with van der Waals surface area (Å²) in [4.78, 5) is 0. The van der Waals surface area contributed by atoms with Crippen LogP contribution in [0.5, 0.6) is 0 Å². The van der Waals surface area contributed by atoms with Gasteiger partial charge in [-0.1, -0.05) is 20.3 Å². The van der Waals surface area contributed by atoms with Crippen molar-refractivity contribution in [3.8, 4) is 0 Å². The molecule has 0 aliphatic heterocycles. The number of halogens is 7. The monoisotopic (exact) mass is 451 g/mol. The van der Waals surface area contributed by atoms with E-state index in [-0.39, 0.29) is 9.64 Å². The molecule has 0 fully saturated rings. The molecule has 0 aliphatic rings. The predicted molar refractivity (Wildman–Crippen MR) is 73.0 cm³/mol. The van der Waals surface area contributed by atoms with Gasteiger partial charge in [0, 0.05) is 12.1 Å². The molecule has 1 aromatic rings. The van der Waals surface area contributed by atoms with E-state index in [1.165, 1.54) is 0 Å². The van der Waals surface area contributed by atoms with Crippen LogP contribution in [0.1, 0.15) is 50.7 Å². The Labute approximate surface area is 142 Å². The molecule has 0 N–H and O–H groups in total. The van der Waals surface area contributed by atoms with Gasteiger partial charge in [-0.15, -0.1) is 0 Å². The van der Waals surface area contributed by atoms with E-state index >= 15 is 0 Å². The summed E-state index contributed by atoms with van der Waals surface area (Å²) >= 11 is -1.03. The quantitative estimate of drug-likeness (QED) is 0.459. The van der Waals surface area contributed by atoms with Crippen molar-refractivity contribution in [3.05, 3.63) is 42.6 Å². The summed E-state index contributed by atoms with van der Waals surface area (Å²) in [7, 11) is 0. The van der Waals surface area contributed by atoms with Crippen LogP contribution < -0.4 is 21.2 Å². The van der Waals surface area contributed by atoms with Gasteiger partial charge in [0.1, 0.15) is 0 Å². The fourth-order valence-corrected chi connectivity index (χ4v) is 4.41. The van der Waals surface area contributed by atoms with Crippen LogP contribution in [0.3, 0.4) is 0 Å². The van der Waals surface area contributed by atoms with Gasteiger partial charge in [-0.05, 0) is 30.9 Å². The second kappa shape index (κ2) is 8.39. The lowest BCUT2D eigenvalue weighted by Crippen LogP contribution is -3.59. The lowest BCUT2D eigenvalue weighted by Gasteiger charge is -2.10. The normalized spacial score (nSPS) is 13.5. The topological polar surface area (TPSA) is 0 Å². The summed E-state index contributed by atoms with van der Waals surface area (Å²) < 4.78 is 78.8. The van der Waals surface area contributed by atoms with Crippen molar-refractivity contribution < 1.29 is 47.5 Å². The van der Waals surface area contributed by atoms with Crippen LogP contribution in [0.4, 0.5) is 26.3 Å². The summed E-state index contributed by atoms with van der Waals surface area (Å²) in [5.74, 6) is 0. The van der Waals surface area contributed by atoms with Crippen molar-refractivity contribution in [2.75, 3.05) is 0 Å². The molecule has 0 amide bonds. The molecule has 0 saturated carbocycles. The van der Waals surface area contributed by atoms with Crippen LogP contribution in [0, 0.1) is 3.57 Å².